The number of nitrogens with one attached hydrogen (secondary N) is 1. The van der Waals surface area contributed by atoms with Gasteiger partial charge in [0.25, 0.3) is 0 Å². The predicted molar refractivity (Wildman–Crippen MR) is 81.9 cm³/mol. The minimum atomic E-state index is -0.323. The molecule has 0 amide bonds. The number of rotatable bonds is 7. The van der Waals surface area contributed by atoms with Gasteiger partial charge in [-0.25, -0.2) is 4.39 Å². The first-order valence-corrected chi connectivity index (χ1v) is 7.21. The van der Waals surface area contributed by atoms with E-state index in [9.17, 15) is 4.39 Å². The average Bonchev–Trinajstić information content (AvgIpc) is 2.52. The average molecular weight is 288 g/mol. The van der Waals surface area contributed by atoms with Gasteiger partial charge in [0.05, 0.1) is 7.11 Å². The zero-order valence-electron chi connectivity index (χ0n) is 12.5. The molecule has 1 heterocycles. The minimum Gasteiger partial charge on any atom is -0.494 e. The highest BCUT2D eigenvalue weighted by atomic mass is 19.1. The Morgan fingerprint density at radius 2 is 2.14 bits per heavy atom. The van der Waals surface area contributed by atoms with Crippen molar-refractivity contribution in [3.8, 4) is 5.75 Å². The fourth-order valence-electron chi connectivity index (χ4n) is 2.37. The van der Waals surface area contributed by atoms with Gasteiger partial charge >= 0.3 is 0 Å². The van der Waals surface area contributed by atoms with Gasteiger partial charge in [0.1, 0.15) is 0 Å². The molecule has 0 aliphatic heterocycles. The number of benzene rings is 1. The van der Waals surface area contributed by atoms with Crippen molar-refractivity contribution >= 4 is 0 Å². The molecule has 0 spiro atoms. The maximum Gasteiger partial charge on any atom is 0.165 e. The highest BCUT2D eigenvalue weighted by Gasteiger charge is 2.13. The van der Waals surface area contributed by atoms with Crippen LogP contribution in [0, 0.1) is 5.82 Å². The quantitative estimate of drug-likeness (QED) is 0.846. The van der Waals surface area contributed by atoms with E-state index in [1.807, 2.05) is 31.2 Å². The van der Waals surface area contributed by atoms with E-state index in [0.717, 1.165) is 30.6 Å². The Bertz CT molecular complexity index is 560. The number of aromatic nitrogens is 1. The summed E-state index contributed by atoms with van der Waals surface area (Å²) in [5.41, 5.74) is 1.99. The van der Waals surface area contributed by atoms with Crippen molar-refractivity contribution in [3.63, 3.8) is 0 Å². The Kier molecular flexibility index (Phi) is 5.69. The molecule has 2 aromatic rings. The molecular weight excluding hydrogens is 267 g/mol. The third kappa shape index (κ3) is 4.26. The minimum absolute atomic E-state index is 0.109. The zero-order chi connectivity index (χ0) is 15.1. The number of pyridine rings is 1. The molecule has 0 radical (unpaired) electrons. The van der Waals surface area contributed by atoms with E-state index in [1.165, 1.54) is 7.11 Å². The van der Waals surface area contributed by atoms with Gasteiger partial charge in [-0.2, -0.15) is 0 Å². The van der Waals surface area contributed by atoms with Gasteiger partial charge in [0.2, 0.25) is 0 Å². The normalized spacial score (nSPS) is 12.1. The monoisotopic (exact) mass is 288 g/mol. The molecule has 0 saturated carbocycles. The molecule has 1 N–H and O–H groups in total. The summed E-state index contributed by atoms with van der Waals surface area (Å²) in [4.78, 5) is 4.33. The van der Waals surface area contributed by atoms with Crippen LogP contribution in [0.15, 0.2) is 42.6 Å². The number of hydrogen-bond donors (Lipinski definition) is 1. The molecule has 0 saturated heterocycles. The molecule has 0 aliphatic carbocycles. The van der Waals surface area contributed by atoms with Crippen molar-refractivity contribution in [2.75, 3.05) is 13.7 Å². The number of nitrogens with zero attached hydrogens (tertiary/aromatic N) is 1. The molecular formula is C17H21FN2O. The number of halogens is 1. The van der Waals surface area contributed by atoms with Crippen molar-refractivity contribution in [3.05, 3.63) is 59.7 Å². The van der Waals surface area contributed by atoms with Gasteiger partial charge in [-0.15, -0.1) is 0 Å². The topological polar surface area (TPSA) is 34.2 Å². The summed E-state index contributed by atoms with van der Waals surface area (Å²) in [7, 11) is 1.47. The number of methoxy groups -OCH3 is 1. The summed E-state index contributed by atoms with van der Waals surface area (Å²) in [6, 6.07) is 11.1. The lowest BCUT2D eigenvalue weighted by molar-refractivity contribution is 0.385. The first kappa shape index (κ1) is 15.4. The summed E-state index contributed by atoms with van der Waals surface area (Å²) >= 11 is 0. The second-order valence-corrected chi connectivity index (χ2v) is 4.86. The Morgan fingerprint density at radius 1 is 1.29 bits per heavy atom. The number of ether oxygens (including phenoxy) is 1. The highest BCUT2D eigenvalue weighted by Crippen LogP contribution is 2.24. The van der Waals surface area contributed by atoms with Crippen molar-refractivity contribution in [2.45, 2.75) is 25.8 Å². The van der Waals surface area contributed by atoms with Gasteiger partial charge in [-0.1, -0.05) is 19.1 Å². The SMILES string of the molecule is CCNC(CCc1ccccn1)c1ccc(OC)c(F)c1. The maximum absolute atomic E-state index is 13.8. The predicted octanol–water partition coefficient (Wildman–Crippen LogP) is 3.51. The Hall–Kier alpha value is -1.94. The van der Waals surface area contributed by atoms with Crippen molar-refractivity contribution in [2.24, 2.45) is 0 Å². The third-order valence-electron chi connectivity index (χ3n) is 3.44. The molecule has 4 heteroatoms. The molecule has 1 aromatic carbocycles. The molecule has 1 atom stereocenters. The van der Waals surface area contributed by atoms with Crippen LogP contribution in [0.5, 0.6) is 5.75 Å². The Labute approximate surface area is 125 Å². The molecule has 3 nitrogen and oxygen atoms in total. The maximum atomic E-state index is 13.8. The van der Waals surface area contributed by atoms with E-state index < -0.39 is 0 Å². The molecule has 0 fully saturated rings. The van der Waals surface area contributed by atoms with Crippen LogP contribution in [0.3, 0.4) is 0 Å². The van der Waals surface area contributed by atoms with Crippen LogP contribution in [0.25, 0.3) is 0 Å². The van der Waals surface area contributed by atoms with Crippen molar-refractivity contribution < 1.29 is 9.13 Å². The van der Waals surface area contributed by atoms with Crippen LogP contribution in [0.4, 0.5) is 4.39 Å². The molecule has 1 aromatic heterocycles. The van der Waals surface area contributed by atoms with E-state index in [2.05, 4.69) is 10.3 Å². The van der Waals surface area contributed by atoms with Crippen LogP contribution < -0.4 is 10.1 Å². The summed E-state index contributed by atoms with van der Waals surface area (Å²) < 4.78 is 18.8. The van der Waals surface area contributed by atoms with E-state index in [-0.39, 0.29) is 17.6 Å². The van der Waals surface area contributed by atoms with E-state index in [1.54, 1.807) is 18.3 Å². The molecule has 112 valence electrons. The highest BCUT2D eigenvalue weighted by molar-refractivity contribution is 5.31. The van der Waals surface area contributed by atoms with Gasteiger partial charge in [-0.05, 0) is 49.2 Å². The standard InChI is InChI=1S/C17H21FN2O/c1-3-19-16(9-8-14-6-4-5-11-20-14)13-7-10-17(21-2)15(18)12-13/h4-7,10-12,16,19H,3,8-9H2,1-2H3. The summed E-state index contributed by atoms with van der Waals surface area (Å²) in [6.07, 6.45) is 3.52. The largest absolute Gasteiger partial charge is 0.494 e. The third-order valence-corrected chi connectivity index (χ3v) is 3.44. The van der Waals surface area contributed by atoms with Crippen LogP contribution >= 0.6 is 0 Å². The molecule has 2 rings (SSSR count). The fourth-order valence-corrected chi connectivity index (χ4v) is 2.37. The molecule has 0 bridgehead atoms. The first-order chi connectivity index (χ1) is 10.2. The van der Waals surface area contributed by atoms with Gasteiger partial charge < -0.3 is 10.1 Å². The van der Waals surface area contributed by atoms with Crippen molar-refractivity contribution in [1.82, 2.24) is 10.3 Å². The molecule has 21 heavy (non-hydrogen) atoms. The van der Waals surface area contributed by atoms with Gasteiger partial charge in [0, 0.05) is 17.9 Å². The van der Waals surface area contributed by atoms with Crippen LogP contribution in [-0.4, -0.2) is 18.6 Å². The summed E-state index contributed by atoms with van der Waals surface area (Å²) in [5.74, 6) is -0.0468. The van der Waals surface area contributed by atoms with E-state index in [4.69, 9.17) is 4.74 Å². The lowest BCUT2D eigenvalue weighted by Crippen LogP contribution is -2.21. The number of aryl methyl sites for hydroxylation is 1. The second kappa shape index (κ2) is 7.74. The van der Waals surface area contributed by atoms with Crippen LogP contribution in [-0.2, 0) is 6.42 Å². The zero-order valence-corrected chi connectivity index (χ0v) is 12.5. The van der Waals surface area contributed by atoms with Crippen LogP contribution in [0.1, 0.15) is 30.6 Å². The van der Waals surface area contributed by atoms with Crippen LogP contribution in [0.2, 0.25) is 0 Å². The lowest BCUT2D eigenvalue weighted by Gasteiger charge is -2.19. The number of hydrogen-bond acceptors (Lipinski definition) is 3. The van der Waals surface area contributed by atoms with Gasteiger partial charge in [-0.3, -0.25) is 4.98 Å². The lowest BCUT2D eigenvalue weighted by atomic mass is 10.0. The summed E-state index contributed by atoms with van der Waals surface area (Å²) in [5, 5.41) is 3.40. The fraction of sp³-hybridized carbons (Fsp3) is 0.353. The molecule has 1 unspecified atom stereocenters. The smallest absolute Gasteiger partial charge is 0.165 e. The second-order valence-electron chi connectivity index (χ2n) is 4.86. The first-order valence-electron chi connectivity index (χ1n) is 7.21. The summed E-state index contributed by atoms with van der Waals surface area (Å²) in [6.45, 7) is 2.88. The van der Waals surface area contributed by atoms with Gasteiger partial charge in [0.15, 0.2) is 11.6 Å². The van der Waals surface area contributed by atoms with E-state index >= 15 is 0 Å². The van der Waals surface area contributed by atoms with Crippen molar-refractivity contribution in [1.29, 1.82) is 0 Å². The van der Waals surface area contributed by atoms with E-state index in [0.29, 0.717) is 0 Å². The molecule has 0 aliphatic rings. The Balaban J connectivity index is 2.09. The Morgan fingerprint density at radius 3 is 2.76 bits per heavy atom.